The highest BCUT2D eigenvalue weighted by Crippen LogP contribution is 2.30. The molecule has 0 unspecified atom stereocenters. The van der Waals surface area contributed by atoms with E-state index in [9.17, 15) is 8.42 Å². The number of nitrogens with one attached hydrogen (secondary N) is 1. The molecule has 7 nitrogen and oxygen atoms in total. The molecule has 1 aromatic carbocycles. The van der Waals surface area contributed by atoms with E-state index in [1.807, 2.05) is 0 Å². The van der Waals surface area contributed by atoms with Crippen LogP contribution in [0.25, 0.3) is 10.4 Å². The minimum absolute atomic E-state index is 0.160. The average Bonchev–Trinajstić information content (AvgIpc) is 2.19. The molecule has 1 rings (SSSR count). The maximum Gasteiger partial charge on any atom is 0.229 e. The van der Waals surface area contributed by atoms with Crippen LogP contribution in [0.4, 0.5) is 11.4 Å². The van der Waals surface area contributed by atoms with Crippen LogP contribution in [-0.4, -0.2) is 21.8 Å². The zero-order valence-corrected chi connectivity index (χ0v) is 9.52. The number of methoxy groups -OCH3 is 1. The average molecular weight is 242 g/mol. The van der Waals surface area contributed by atoms with Gasteiger partial charge in [0.2, 0.25) is 10.0 Å². The molecule has 1 aromatic rings. The minimum atomic E-state index is -3.41. The van der Waals surface area contributed by atoms with Crippen molar-refractivity contribution in [3.05, 3.63) is 28.6 Å². The quantitative estimate of drug-likeness (QED) is 0.496. The van der Waals surface area contributed by atoms with Gasteiger partial charge in [-0.15, -0.1) is 0 Å². The zero-order valence-electron chi connectivity index (χ0n) is 8.71. The number of rotatable bonds is 4. The molecule has 86 valence electrons. The summed E-state index contributed by atoms with van der Waals surface area (Å²) in [6.45, 7) is 0. The van der Waals surface area contributed by atoms with Gasteiger partial charge in [-0.2, -0.15) is 0 Å². The number of azide groups is 1. The molecule has 0 saturated carbocycles. The predicted molar refractivity (Wildman–Crippen MR) is 60.3 cm³/mol. The van der Waals surface area contributed by atoms with Gasteiger partial charge in [-0.05, 0) is 23.7 Å². The Morgan fingerprint density at radius 3 is 2.69 bits per heavy atom. The summed E-state index contributed by atoms with van der Waals surface area (Å²) < 4.78 is 29.2. The number of benzene rings is 1. The third kappa shape index (κ3) is 3.34. The Kier molecular flexibility index (Phi) is 3.60. The molecule has 0 atom stereocenters. The highest BCUT2D eigenvalue weighted by molar-refractivity contribution is 7.92. The molecule has 0 radical (unpaired) electrons. The lowest BCUT2D eigenvalue weighted by Gasteiger charge is -2.08. The molecule has 0 aliphatic rings. The third-order valence-corrected chi connectivity index (χ3v) is 2.24. The smallest absolute Gasteiger partial charge is 0.229 e. The summed E-state index contributed by atoms with van der Waals surface area (Å²) in [6.07, 6.45) is 1.01. The molecule has 0 bridgehead atoms. The molecule has 0 heterocycles. The first-order valence-corrected chi connectivity index (χ1v) is 6.06. The largest absolute Gasteiger partial charge is 0.497 e. The fourth-order valence-electron chi connectivity index (χ4n) is 1.06. The van der Waals surface area contributed by atoms with E-state index >= 15 is 0 Å². The van der Waals surface area contributed by atoms with Crippen LogP contribution >= 0.6 is 0 Å². The number of hydrogen-bond acceptors (Lipinski definition) is 4. The first-order chi connectivity index (χ1) is 7.46. The number of nitrogens with zero attached hydrogens (tertiary/aromatic N) is 3. The van der Waals surface area contributed by atoms with Crippen LogP contribution < -0.4 is 9.46 Å². The Hall–Kier alpha value is -1.92. The van der Waals surface area contributed by atoms with E-state index in [1.54, 1.807) is 6.07 Å². The molecule has 0 amide bonds. The van der Waals surface area contributed by atoms with Crippen LogP contribution in [0.3, 0.4) is 0 Å². The molecular formula is C8H10N4O3S. The summed E-state index contributed by atoms with van der Waals surface area (Å²) in [5.41, 5.74) is 8.72. The number of hydrogen-bond donors (Lipinski definition) is 1. The number of ether oxygens (including phenoxy) is 1. The molecule has 0 saturated heterocycles. The van der Waals surface area contributed by atoms with Crippen LogP contribution in [0.1, 0.15) is 0 Å². The molecule has 0 aliphatic heterocycles. The summed E-state index contributed by atoms with van der Waals surface area (Å²) in [5.74, 6) is 0.474. The Morgan fingerprint density at radius 1 is 1.50 bits per heavy atom. The van der Waals surface area contributed by atoms with Crippen molar-refractivity contribution in [2.24, 2.45) is 5.11 Å². The second kappa shape index (κ2) is 4.73. The van der Waals surface area contributed by atoms with Gasteiger partial charge in [0.25, 0.3) is 0 Å². The van der Waals surface area contributed by atoms with Crippen molar-refractivity contribution in [1.29, 1.82) is 0 Å². The van der Waals surface area contributed by atoms with Crippen LogP contribution in [0.2, 0.25) is 0 Å². The van der Waals surface area contributed by atoms with Gasteiger partial charge in [-0.25, -0.2) is 8.42 Å². The third-order valence-electron chi connectivity index (χ3n) is 1.65. The van der Waals surface area contributed by atoms with Gasteiger partial charge in [-0.3, -0.25) is 4.72 Å². The van der Waals surface area contributed by atoms with E-state index in [-0.39, 0.29) is 11.4 Å². The molecule has 1 N–H and O–H groups in total. The molecule has 0 aromatic heterocycles. The topological polar surface area (TPSA) is 104 Å². The summed E-state index contributed by atoms with van der Waals surface area (Å²) in [6, 6.07) is 4.46. The second-order valence-corrected chi connectivity index (χ2v) is 4.70. The lowest BCUT2D eigenvalue weighted by molar-refractivity contribution is 0.415. The first kappa shape index (κ1) is 12.2. The second-order valence-electron chi connectivity index (χ2n) is 2.95. The van der Waals surface area contributed by atoms with Gasteiger partial charge in [0.15, 0.2) is 0 Å². The van der Waals surface area contributed by atoms with Gasteiger partial charge in [0, 0.05) is 4.91 Å². The lowest BCUT2D eigenvalue weighted by atomic mass is 10.2. The summed E-state index contributed by atoms with van der Waals surface area (Å²) in [7, 11) is -1.95. The lowest BCUT2D eigenvalue weighted by Crippen LogP contribution is -2.09. The van der Waals surface area contributed by atoms with Crippen molar-refractivity contribution in [2.75, 3.05) is 18.1 Å². The molecular weight excluding hydrogens is 232 g/mol. The molecule has 0 aliphatic carbocycles. The highest BCUT2D eigenvalue weighted by atomic mass is 32.2. The van der Waals surface area contributed by atoms with E-state index in [4.69, 9.17) is 10.3 Å². The van der Waals surface area contributed by atoms with Crippen molar-refractivity contribution in [3.63, 3.8) is 0 Å². The van der Waals surface area contributed by atoms with Gasteiger partial charge in [0.1, 0.15) is 5.75 Å². The van der Waals surface area contributed by atoms with Crippen molar-refractivity contribution in [3.8, 4) is 5.75 Å². The van der Waals surface area contributed by atoms with Crippen LogP contribution in [0.5, 0.6) is 5.75 Å². The Balaban J connectivity index is 3.23. The monoisotopic (exact) mass is 242 g/mol. The zero-order chi connectivity index (χ0) is 12.2. The van der Waals surface area contributed by atoms with E-state index in [2.05, 4.69) is 14.7 Å². The Labute approximate surface area is 92.7 Å². The van der Waals surface area contributed by atoms with Crippen molar-refractivity contribution >= 4 is 21.4 Å². The molecule has 16 heavy (non-hydrogen) atoms. The van der Waals surface area contributed by atoms with Gasteiger partial charge >= 0.3 is 0 Å². The van der Waals surface area contributed by atoms with Gasteiger partial charge in [0.05, 0.1) is 24.7 Å². The van der Waals surface area contributed by atoms with E-state index < -0.39 is 10.0 Å². The highest BCUT2D eigenvalue weighted by Gasteiger charge is 2.07. The maximum absolute atomic E-state index is 11.0. The maximum atomic E-state index is 11.0. The summed E-state index contributed by atoms with van der Waals surface area (Å²) >= 11 is 0. The van der Waals surface area contributed by atoms with Crippen LogP contribution in [-0.2, 0) is 10.0 Å². The fourth-order valence-corrected chi connectivity index (χ4v) is 1.63. The molecule has 0 fully saturated rings. The Bertz CT molecular complexity index is 534. The normalized spacial score (nSPS) is 10.4. The minimum Gasteiger partial charge on any atom is -0.497 e. The number of sulfonamides is 1. The van der Waals surface area contributed by atoms with Gasteiger partial charge < -0.3 is 4.74 Å². The van der Waals surface area contributed by atoms with Crippen LogP contribution in [0, 0.1) is 0 Å². The first-order valence-electron chi connectivity index (χ1n) is 4.17. The fraction of sp³-hybridized carbons (Fsp3) is 0.250. The standard InChI is InChI=1S/C8H10N4O3S/c1-15-6-3-4-7(11-16(2,13)14)8(5-6)10-12-9/h3-5,11H,1-2H3. The summed E-state index contributed by atoms with van der Waals surface area (Å²) in [5, 5.41) is 3.37. The number of anilines is 1. The van der Waals surface area contributed by atoms with E-state index in [1.165, 1.54) is 19.2 Å². The van der Waals surface area contributed by atoms with Gasteiger partial charge in [-0.1, -0.05) is 5.11 Å². The van der Waals surface area contributed by atoms with E-state index in [0.717, 1.165) is 6.26 Å². The molecule has 8 heteroatoms. The Morgan fingerprint density at radius 2 is 2.19 bits per heavy atom. The molecule has 0 spiro atoms. The van der Waals surface area contributed by atoms with Crippen molar-refractivity contribution in [2.45, 2.75) is 0 Å². The van der Waals surface area contributed by atoms with Crippen LogP contribution in [0.15, 0.2) is 23.3 Å². The SMILES string of the molecule is COc1ccc(NS(C)(=O)=O)c(N=[N+]=[N-])c1. The van der Waals surface area contributed by atoms with Crippen molar-refractivity contribution in [1.82, 2.24) is 0 Å². The predicted octanol–water partition coefficient (Wildman–Crippen LogP) is 2.01. The van der Waals surface area contributed by atoms with E-state index in [0.29, 0.717) is 5.75 Å². The van der Waals surface area contributed by atoms with Crippen molar-refractivity contribution < 1.29 is 13.2 Å². The summed E-state index contributed by atoms with van der Waals surface area (Å²) in [4.78, 5) is 2.61.